The minimum Gasteiger partial charge on any atom is -0.493 e. The number of ether oxygens (including phenoxy) is 2. The average molecular weight is 305 g/mol. The Balaban J connectivity index is 1.73. The molecule has 2 rings (SSSR count). The number of rotatable bonds is 8. The lowest BCUT2D eigenvalue weighted by atomic mass is 10.0. The van der Waals surface area contributed by atoms with Crippen LogP contribution in [0.15, 0.2) is 18.2 Å². The molecule has 0 radical (unpaired) electrons. The van der Waals surface area contributed by atoms with Crippen molar-refractivity contribution in [1.82, 2.24) is 4.90 Å². The number of hydrogen-bond acceptors (Lipinski definition) is 4. The smallest absolute Gasteiger partial charge is 0.171 e. The molecule has 0 saturated carbocycles. The first kappa shape index (κ1) is 16.8. The highest BCUT2D eigenvalue weighted by Gasteiger charge is 2.15. The third-order valence-corrected chi connectivity index (χ3v) is 4.21. The van der Waals surface area contributed by atoms with Crippen molar-refractivity contribution in [3.63, 3.8) is 0 Å². The lowest BCUT2D eigenvalue weighted by Gasteiger charge is -2.30. The Morgan fingerprint density at radius 1 is 1.36 bits per heavy atom. The summed E-state index contributed by atoms with van der Waals surface area (Å²) in [5, 5.41) is 0. The Morgan fingerprint density at radius 3 is 2.95 bits per heavy atom. The quantitative estimate of drug-likeness (QED) is 0.545. The summed E-state index contributed by atoms with van der Waals surface area (Å²) in [6.45, 7) is 6.54. The molecule has 0 aromatic heterocycles. The Bertz CT molecular complexity index is 475. The minimum atomic E-state index is 0.546. The predicted octanol–water partition coefficient (Wildman–Crippen LogP) is 3.40. The summed E-state index contributed by atoms with van der Waals surface area (Å²) in [6, 6.07) is 5.37. The second-order valence-corrected chi connectivity index (χ2v) is 6.10. The summed E-state index contributed by atoms with van der Waals surface area (Å²) in [7, 11) is 1.59. The normalized spacial score (nSPS) is 18.9. The molecule has 4 nitrogen and oxygen atoms in total. The van der Waals surface area contributed by atoms with Crippen molar-refractivity contribution in [3.05, 3.63) is 23.8 Å². The highest BCUT2D eigenvalue weighted by atomic mass is 16.5. The lowest BCUT2D eigenvalue weighted by Crippen LogP contribution is -2.35. The number of aldehydes is 1. The first-order chi connectivity index (χ1) is 10.7. The molecule has 1 aromatic carbocycles. The van der Waals surface area contributed by atoms with E-state index in [1.54, 1.807) is 19.2 Å². The van der Waals surface area contributed by atoms with Gasteiger partial charge in [0.25, 0.3) is 0 Å². The van der Waals surface area contributed by atoms with E-state index in [9.17, 15) is 4.79 Å². The largest absolute Gasteiger partial charge is 0.493 e. The number of para-hydroxylation sites is 1. The number of hydrogen-bond donors (Lipinski definition) is 0. The second kappa shape index (κ2) is 8.79. The van der Waals surface area contributed by atoms with Gasteiger partial charge in [-0.3, -0.25) is 4.79 Å². The molecule has 0 spiro atoms. The van der Waals surface area contributed by atoms with Gasteiger partial charge in [-0.15, -0.1) is 0 Å². The molecular weight excluding hydrogens is 278 g/mol. The van der Waals surface area contributed by atoms with E-state index in [1.165, 1.54) is 25.9 Å². The van der Waals surface area contributed by atoms with Crippen molar-refractivity contribution in [2.45, 2.75) is 32.6 Å². The number of nitrogens with zero attached hydrogens (tertiary/aromatic N) is 1. The van der Waals surface area contributed by atoms with Crippen LogP contribution in [0.5, 0.6) is 11.5 Å². The van der Waals surface area contributed by atoms with Crippen LogP contribution < -0.4 is 9.47 Å². The van der Waals surface area contributed by atoms with Crippen molar-refractivity contribution in [3.8, 4) is 11.5 Å². The van der Waals surface area contributed by atoms with Gasteiger partial charge in [0, 0.05) is 6.54 Å². The zero-order chi connectivity index (χ0) is 15.8. The van der Waals surface area contributed by atoms with E-state index < -0.39 is 0 Å². The SMILES string of the molecule is COc1cccc(C=O)c1OCCCCN1CCCC(C)C1. The molecule has 1 heterocycles. The van der Waals surface area contributed by atoms with Crippen LogP contribution in [0.3, 0.4) is 0 Å². The maximum absolute atomic E-state index is 11.1. The van der Waals surface area contributed by atoms with Gasteiger partial charge >= 0.3 is 0 Å². The van der Waals surface area contributed by atoms with Crippen LogP contribution in [-0.2, 0) is 0 Å². The second-order valence-electron chi connectivity index (χ2n) is 6.10. The highest BCUT2D eigenvalue weighted by Crippen LogP contribution is 2.30. The van der Waals surface area contributed by atoms with E-state index in [4.69, 9.17) is 9.47 Å². The summed E-state index contributed by atoms with van der Waals surface area (Å²) < 4.78 is 11.0. The van der Waals surface area contributed by atoms with Gasteiger partial charge in [-0.2, -0.15) is 0 Å². The third kappa shape index (κ3) is 4.73. The third-order valence-electron chi connectivity index (χ3n) is 4.21. The summed E-state index contributed by atoms with van der Waals surface area (Å²) in [4.78, 5) is 13.6. The van der Waals surface area contributed by atoms with Gasteiger partial charge in [-0.25, -0.2) is 0 Å². The van der Waals surface area contributed by atoms with E-state index in [0.717, 1.165) is 31.6 Å². The van der Waals surface area contributed by atoms with Crippen molar-refractivity contribution in [1.29, 1.82) is 0 Å². The van der Waals surface area contributed by atoms with Crippen LogP contribution in [0.2, 0.25) is 0 Å². The van der Waals surface area contributed by atoms with Gasteiger partial charge in [-0.1, -0.05) is 13.0 Å². The predicted molar refractivity (Wildman–Crippen MR) is 87.9 cm³/mol. The van der Waals surface area contributed by atoms with Gasteiger partial charge in [0.2, 0.25) is 0 Å². The van der Waals surface area contributed by atoms with Crippen LogP contribution in [0.25, 0.3) is 0 Å². The van der Waals surface area contributed by atoms with Gasteiger partial charge in [0.15, 0.2) is 17.8 Å². The molecule has 0 aliphatic carbocycles. The van der Waals surface area contributed by atoms with Gasteiger partial charge in [0.05, 0.1) is 19.3 Å². The fourth-order valence-corrected chi connectivity index (χ4v) is 3.04. The summed E-state index contributed by atoms with van der Waals surface area (Å²) >= 11 is 0. The molecule has 1 unspecified atom stereocenters. The summed E-state index contributed by atoms with van der Waals surface area (Å²) in [6.07, 6.45) is 5.61. The molecule has 1 saturated heterocycles. The van der Waals surface area contributed by atoms with Crippen molar-refractivity contribution >= 4 is 6.29 Å². The number of carbonyl (C=O) groups excluding carboxylic acids is 1. The Kier molecular flexibility index (Phi) is 6.72. The van der Waals surface area contributed by atoms with Crippen molar-refractivity contribution in [2.75, 3.05) is 33.4 Å². The average Bonchev–Trinajstić information content (AvgIpc) is 2.54. The molecule has 22 heavy (non-hydrogen) atoms. The maximum Gasteiger partial charge on any atom is 0.171 e. The molecule has 0 bridgehead atoms. The van der Waals surface area contributed by atoms with E-state index in [-0.39, 0.29) is 0 Å². The fourth-order valence-electron chi connectivity index (χ4n) is 3.04. The van der Waals surface area contributed by atoms with E-state index in [0.29, 0.717) is 23.7 Å². The molecule has 1 aromatic rings. The molecular formula is C18H27NO3. The number of unbranched alkanes of at least 4 members (excludes halogenated alkanes) is 1. The van der Waals surface area contributed by atoms with Crippen molar-refractivity contribution in [2.24, 2.45) is 5.92 Å². The maximum atomic E-state index is 11.1. The lowest BCUT2D eigenvalue weighted by molar-refractivity contribution is 0.111. The molecule has 0 amide bonds. The highest BCUT2D eigenvalue weighted by molar-refractivity contribution is 5.81. The Hall–Kier alpha value is -1.55. The van der Waals surface area contributed by atoms with Crippen LogP contribution in [-0.4, -0.2) is 44.5 Å². The number of benzene rings is 1. The molecule has 122 valence electrons. The Morgan fingerprint density at radius 2 is 2.23 bits per heavy atom. The van der Waals surface area contributed by atoms with Gasteiger partial charge in [0.1, 0.15) is 0 Å². The number of carbonyl (C=O) groups is 1. The Labute approximate surface area is 133 Å². The molecule has 1 aliphatic rings. The monoisotopic (exact) mass is 305 g/mol. The van der Waals surface area contributed by atoms with Crippen LogP contribution in [0, 0.1) is 5.92 Å². The van der Waals surface area contributed by atoms with Crippen LogP contribution in [0.1, 0.15) is 43.0 Å². The molecule has 1 fully saturated rings. The van der Waals surface area contributed by atoms with E-state index in [1.807, 2.05) is 6.07 Å². The first-order valence-corrected chi connectivity index (χ1v) is 8.22. The fraction of sp³-hybridized carbons (Fsp3) is 0.611. The van der Waals surface area contributed by atoms with E-state index >= 15 is 0 Å². The zero-order valence-electron chi connectivity index (χ0n) is 13.7. The summed E-state index contributed by atoms with van der Waals surface area (Å²) in [5.74, 6) is 2.01. The minimum absolute atomic E-state index is 0.546. The van der Waals surface area contributed by atoms with Gasteiger partial charge < -0.3 is 14.4 Å². The van der Waals surface area contributed by atoms with Gasteiger partial charge in [-0.05, 0) is 56.8 Å². The van der Waals surface area contributed by atoms with Crippen LogP contribution >= 0.6 is 0 Å². The number of methoxy groups -OCH3 is 1. The number of likely N-dealkylation sites (tertiary alicyclic amines) is 1. The zero-order valence-corrected chi connectivity index (χ0v) is 13.7. The van der Waals surface area contributed by atoms with E-state index in [2.05, 4.69) is 11.8 Å². The summed E-state index contributed by atoms with van der Waals surface area (Å²) in [5.41, 5.74) is 0.546. The molecule has 1 atom stereocenters. The molecule has 0 N–H and O–H groups in total. The number of piperidine rings is 1. The standard InChI is InChI=1S/C18H27NO3/c1-15-7-6-11-19(13-15)10-3-4-12-22-18-16(14-20)8-5-9-17(18)21-2/h5,8-9,14-15H,3-4,6-7,10-13H2,1-2H3. The topological polar surface area (TPSA) is 38.8 Å². The molecule has 4 heteroatoms. The molecule has 1 aliphatic heterocycles. The first-order valence-electron chi connectivity index (χ1n) is 8.22. The van der Waals surface area contributed by atoms with Crippen molar-refractivity contribution < 1.29 is 14.3 Å². The van der Waals surface area contributed by atoms with Crippen LogP contribution in [0.4, 0.5) is 0 Å².